The summed E-state index contributed by atoms with van der Waals surface area (Å²) in [5, 5.41) is 7.02. The van der Waals surface area contributed by atoms with E-state index >= 15 is 0 Å². The first-order valence-electron chi connectivity index (χ1n) is 7.68. The van der Waals surface area contributed by atoms with Crippen LogP contribution in [-0.4, -0.2) is 27.0 Å². The summed E-state index contributed by atoms with van der Waals surface area (Å²) < 4.78 is 0. The number of hydrogen-bond donors (Lipinski definition) is 2. The average molecular weight is 325 g/mol. The largest absolute Gasteiger partial charge is 0.349 e. The van der Waals surface area contributed by atoms with Gasteiger partial charge < -0.3 is 10.6 Å². The van der Waals surface area contributed by atoms with Crippen molar-refractivity contribution >= 4 is 17.5 Å². The van der Waals surface area contributed by atoms with Crippen molar-refractivity contribution in [1.29, 1.82) is 0 Å². The van der Waals surface area contributed by atoms with Gasteiger partial charge in [0, 0.05) is 29.9 Å². The van der Waals surface area contributed by atoms with E-state index in [4.69, 9.17) is 11.6 Å². The van der Waals surface area contributed by atoms with Crippen molar-refractivity contribution in [3.8, 4) is 0 Å². The molecule has 22 heavy (non-hydrogen) atoms. The molecule has 2 rings (SSSR count). The van der Waals surface area contributed by atoms with E-state index in [1.165, 1.54) is 12.4 Å². The Labute approximate surface area is 137 Å². The third kappa shape index (κ3) is 5.21. The van der Waals surface area contributed by atoms with Gasteiger partial charge in [-0.05, 0) is 46.5 Å². The van der Waals surface area contributed by atoms with Crippen LogP contribution in [0.3, 0.4) is 0 Å². The van der Waals surface area contributed by atoms with Crippen LogP contribution >= 0.6 is 11.6 Å². The molecule has 1 aliphatic heterocycles. The van der Waals surface area contributed by atoms with Crippen molar-refractivity contribution in [3.63, 3.8) is 0 Å². The zero-order valence-corrected chi connectivity index (χ0v) is 14.5. The standard InChI is InChI=1S/C16H25ClN4O/c1-15(2)6-11(7-16(3,4)21-15)5-14(22)20-10-13-18-8-12(17)9-19-13/h8-9,11,21H,5-7,10H2,1-4H3,(H,20,22). The second kappa shape index (κ2) is 6.50. The molecule has 0 spiro atoms. The lowest BCUT2D eigenvalue weighted by molar-refractivity contribution is -0.122. The van der Waals surface area contributed by atoms with Gasteiger partial charge in [-0.3, -0.25) is 4.79 Å². The fourth-order valence-electron chi connectivity index (χ4n) is 3.62. The van der Waals surface area contributed by atoms with Gasteiger partial charge in [0.05, 0.1) is 11.6 Å². The summed E-state index contributed by atoms with van der Waals surface area (Å²) in [7, 11) is 0. The van der Waals surface area contributed by atoms with Crippen LogP contribution in [0.4, 0.5) is 0 Å². The molecule has 0 atom stereocenters. The van der Waals surface area contributed by atoms with Gasteiger partial charge in [-0.1, -0.05) is 11.6 Å². The summed E-state index contributed by atoms with van der Waals surface area (Å²) in [4.78, 5) is 20.3. The average Bonchev–Trinajstić information content (AvgIpc) is 2.34. The van der Waals surface area contributed by atoms with Crippen molar-refractivity contribution in [2.24, 2.45) is 5.92 Å². The van der Waals surface area contributed by atoms with Crippen LogP contribution in [0.25, 0.3) is 0 Å². The molecule has 0 radical (unpaired) electrons. The molecule has 2 N–H and O–H groups in total. The van der Waals surface area contributed by atoms with Crippen LogP contribution in [-0.2, 0) is 11.3 Å². The Kier molecular flexibility index (Phi) is 5.07. The maximum absolute atomic E-state index is 12.2. The van der Waals surface area contributed by atoms with E-state index in [1.54, 1.807) is 0 Å². The minimum atomic E-state index is 0.0528. The van der Waals surface area contributed by atoms with Crippen LogP contribution in [0.1, 0.15) is 52.8 Å². The molecule has 1 fully saturated rings. The van der Waals surface area contributed by atoms with E-state index in [1.807, 2.05) is 0 Å². The Balaban J connectivity index is 1.85. The normalized spacial score (nSPS) is 20.6. The highest BCUT2D eigenvalue weighted by atomic mass is 35.5. The SMILES string of the molecule is CC1(C)CC(CC(=O)NCc2ncc(Cl)cn2)CC(C)(C)N1. The Morgan fingerprint density at radius 1 is 1.27 bits per heavy atom. The van der Waals surface area contributed by atoms with Gasteiger partial charge >= 0.3 is 0 Å². The summed E-state index contributed by atoms with van der Waals surface area (Å²) in [6.45, 7) is 9.12. The Morgan fingerprint density at radius 2 is 1.82 bits per heavy atom. The minimum absolute atomic E-state index is 0.0528. The first-order valence-corrected chi connectivity index (χ1v) is 8.05. The summed E-state index contributed by atoms with van der Waals surface area (Å²) in [5.74, 6) is 1.01. The number of hydrogen-bond acceptors (Lipinski definition) is 4. The molecular formula is C16H25ClN4O. The third-order valence-corrected chi connectivity index (χ3v) is 4.06. The topological polar surface area (TPSA) is 66.9 Å². The molecule has 5 nitrogen and oxygen atoms in total. The van der Waals surface area contributed by atoms with Gasteiger partial charge in [0.2, 0.25) is 5.91 Å². The zero-order chi connectivity index (χ0) is 16.4. The van der Waals surface area contributed by atoms with E-state index in [-0.39, 0.29) is 17.0 Å². The second-order valence-electron chi connectivity index (χ2n) is 7.47. The van der Waals surface area contributed by atoms with E-state index in [2.05, 4.69) is 48.3 Å². The smallest absolute Gasteiger partial charge is 0.220 e. The van der Waals surface area contributed by atoms with Crippen molar-refractivity contribution in [2.45, 2.75) is 64.6 Å². The number of rotatable bonds is 4. The molecule has 0 aromatic carbocycles. The lowest BCUT2D eigenvalue weighted by Gasteiger charge is -2.46. The monoisotopic (exact) mass is 324 g/mol. The summed E-state index contributed by atoms with van der Waals surface area (Å²) in [6, 6.07) is 0. The maximum atomic E-state index is 12.2. The van der Waals surface area contributed by atoms with Gasteiger partial charge in [0.15, 0.2) is 0 Å². The lowest BCUT2D eigenvalue weighted by Crippen LogP contribution is -2.58. The Morgan fingerprint density at radius 3 is 2.36 bits per heavy atom. The highest BCUT2D eigenvalue weighted by Gasteiger charge is 2.38. The van der Waals surface area contributed by atoms with Crippen LogP contribution in [0.5, 0.6) is 0 Å². The van der Waals surface area contributed by atoms with E-state index < -0.39 is 0 Å². The van der Waals surface area contributed by atoms with Crippen molar-refractivity contribution in [1.82, 2.24) is 20.6 Å². The number of aromatic nitrogens is 2. The van der Waals surface area contributed by atoms with Crippen molar-refractivity contribution < 1.29 is 4.79 Å². The molecule has 0 bridgehead atoms. The first kappa shape index (κ1) is 17.2. The van der Waals surface area contributed by atoms with Gasteiger partial charge in [-0.2, -0.15) is 0 Å². The Hall–Kier alpha value is -1.20. The molecule has 1 aliphatic rings. The summed E-state index contributed by atoms with van der Waals surface area (Å²) in [5.41, 5.74) is 0.123. The van der Waals surface area contributed by atoms with Crippen molar-refractivity contribution in [3.05, 3.63) is 23.2 Å². The van der Waals surface area contributed by atoms with E-state index in [0.29, 0.717) is 29.7 Å². The van der Waals surface area contributed by atoms with Crippen LogP contribution in [0.15, 0.2) is 12.4 Å². The molecule has 0 saturated carbocycles. The quantitative estimate of drug-likeness (QED) is 0.893. The van der Waals surface area contributed by atoms with Crippen LogP contribution in [0, 0.1) is 5.92 Å². The van der Waals surface area contributed by atoms with E-state index in [9.17, 15) is 4.79 Å². The van der Waals surface area contributed by atoms with Gasteiger partial charge in [-0.25, -0.2) is 9.97 Å². The highest BCUT2D eigenvalue weighted by molar-refractivity contribution is 6.30. The number of halogens is 1. The molecule has 0 unspecified atom stereocenters. The molecule has 122 valence electrons. The molecular weight excluding hydrogens is 300 g/mol. The number of piperidine rings is 1. The van der Waals surface area contributed by atoms with Gasteiger partial charge in [0.1, 0.15) is 5.82 Å². The highest BCUT2D eigenvalue weighted by Crippen LogP contribution is 2.34. The third-order valence-electron chi connectivity index (χ3n) is 3.87. The second-order valence-corrected chi connectivity index (χ2v) is 7.90. The molecule has 1 aromatic rings. The zero-order valence-electron chi connectivity index (χ0n) is 13.7. The van der Waals surface area contributed by atoms with Crippen LogP contribution < -0.4 is 10.6 Å². The van der Waals surface area contributed by atoms with Crippen molar-refractivity contribution in [2.75, 3.05) is 0 Å². The molecule has 1 aromatic heterocycles. The molecule has 2 heterocycles. The molecule has 6 heteroatoms. The lowest BCUT2D eigenvalue weighted by atomic mass is 9.74. The minimum Gasteiger partial charge on any atom is -0.349 e. The predicted octanol–water partition coefficient (Wildman–Crippen LogP) is 2.69. The van der Waals surface area contributed by atoms with Gasteiger partial charge in [-0.15, -0.1) is 0 Å². The number of nitrogens with zero attached hydrogens (tertiary/aromatic N) is 2. The molecule has 0 aliphatic carbocycles. The fraction of sp³-hybridized carbons (Fsp3) is 0.688. The fourth-order valence-corrected chi connectivity index (χ4v) is 3.72. The predicted molar refractivity (Wildman–Crippen MR) is 87.5 cm³/mol. The first-order chi connectivity index (χ1) is 10.2. The number of carbonyl (C=O) groups excluding carboxylic acids is 1. The van der Waals surface area contributed by atoms with E-state index in [0.717, 1.165) is 12.8 Å². The molecule has 1 amide bonds. The number of carbonyl (C=O) groups is 1. The Bertz CT molecular complexity index is 511. The summed E-state index contributed by atoms with van der Waals surface area (Å²) >= 11 is 5.74. The summed E-state index contributed by atoms with van der Waals surface area (Å²) in [6.07, 6.45) is 5.62. The van der Waals surface area contributed by atoms with Gasteiger partial charge in [0.25, 0.3) is 0 Å². The maximum Gasteiger partial charge on any atom is 0.220 e. The number of amides is 1. The van der Waals surface area contributed by atoms with Crippen LogP contribution in [0.2, 0.25) is 5.02 Å². The molecule has 1 saturated heterocycles. The number of nitrogens with one attached hydrogen (secondary N) is 2.